The van der Waals surface area contributed by atoms with Gasteiger partial charge >= 0.3 is 0 Å². The van der Waals surface area contributed by atoms with Crippen LogP contribution < -0.4 is 23.7 Å². The van der Waals surface area contributed by atoms with Crippen molar-refractivity contribution in [2.75, 3.05) is 20.2 Å². The maximum Gasteiger partial charge on any atom is 0.231 e. The number of hydrogen-bond acceptors (Lipinski definition) is 7. The predicted octanol–water partition coefficient (Wildman–Crippen LogP) is 8.08. The van der Waals surface area contributed by atoms with Gasteiger partial charge in [0, 0.05) is 37.3 Å². The molecule has 5 aromatic rings. The molecule has 2 aliphatic rings. The number of benzene rings is 4. The molecule has 0 saturated carbocycles. The highest BCUT2D eigenvalue weighted by Gasteiger charge is 2.24. The molecule has 0 atom stereocenters. The average Bonchev–Trinajstić information content (AvgIpc) is 3.83. The van der Waals surface area contributed by atoms with Crippen molar-refractivity contribution >= 4 is 0 Å². The van der Waals surface area contributed by atoms with Gasteiger partial charge in [-0.05, 0) is 60.9 Å². The highest BCUT2D eigenvalue weighted by molar-refractivity contribution is 5.69. The fourth-order valence-corrected chi connectivity index (χ4v) is 6.12. The van der Waals surface area contributed by atoms with Crippen molar-refractivity contribution in [2.45, 2.75) is 52.9 Å². The summed E-state index contributed by atoms with van der Waals surface area (Å²) in [6, 6.07) is 31.2. The molecule has 236 valence electrons. The monoisotopic (exact) mass is 617 g/mol. The minimum atomic E-state index is 0.254. The van der Waals surface area contributed by atoms with Crippen molar-refractivity contribution in [3.05, 3.63) is 108 Å². The second-order valence-electron chi connectivity index (χ2n) is 11.6. The van der Waals surface area contributed by atoms with Crippen LogP contribution in [0.15, 0.2) is 91.0 Å². The Hall–Kier alpha value is -4.95. The summed E-state index contributed by atoms with van der Waals surface area (Å²) in [4.78, 5) is 7.83. The van der Waals surface area contributed by atoms with Gasteiger partial charge in [-0.25, -0.2) is 4.98 Å². The van der Waals surface area contributed by atoms with Gasteiger partial charge in [0.25, 0.3) is 0 Å². The van der Waals surface area contributed by atoms with E-state index in [2.05, 4.69) is 83.1 Å². The fraction of sp³-hybridized carbons (Fsp3) is 0.289. The first-order chi connectivity index (χ1) is 22.7. The van der Waals surface area contributed by atoms with Gasteiger partial charge in [0.15, 0.2) is 23.0 Å². The summed E-state index contributed by atoms with van der Waals surface area (Å²) in [6.45, 7) is 8.31. The van der Waals surface area contributed by atoms with E-state index in [4.69, 9.17) is 28.7 Å². The lowest BCUT2D eigenvalue weighted by Crippen LogP contribution is -2.24. The minimum Gasteiger partial charge on any atom is -0.494 e. The smallest absolute Gasteiger partial charge is 0.231 e. The minimum absolute atomic E-state index is 0.254. The zero-order chi connectivity index (χ0) is 31.3. The lowest BCUT2D eigenvalue weighted by molar-refractivity contribution is 0.173. The van der Waals surface area contributed by atoms with Gasteiger partial charge in [0.05, 0.1) is 18.0 Å². The van der Waals surface area contributed by atoms with Crippen LogP contribution in [0.25, 0.3) is 22.6 Å². The number of nitrogens with zero attached hydrogens (tertiary/aromatic N) is 3. The summed E-state index contributed by atoms with van der Waals surface area (Å²) in [5, 5.41) is 0. The number of rotatable bonds is 13. The number of hydrogen-bond donors (Lipinski definition) is 0. The second kappa shape index (κ2) is 13.6. The van der Waals surface area contributed by atoms with Gasteiger partial charge in [0.1, 0.15) is 11.6 Å². The lowest BCUT2D eigenvalue weighted by Gasteiger charge is -2.25. The van der Waals surface area contributed by atoms with Gasteiger partial charge < -0.3 is 28.3 Å². The summed E-state index contributed by atoms with van der Waals surface area (Å²) in [5.41, 5.74) is 6.61. The SMILES string of the molecule is CCCCn1c(-c2cccc(OCC)c2)nc(-c2ccccc2)c1CN(Cc1ccc2c(c1)OCO2)Cc1ccc2c(c1)OCO2. The van der Waals surface area contributed by atoms with E-state index in [0.29, 0.717) is 26.2 Å². The zero-order valence-corrected chi connectivity index (χ0v) is 26.4. The van der Waals surface area contributed by atoms with E-state index in [-0.39, 0.29) is 13.6 Å². The molecule has 4 aromatic carbocycles. The molecule has 0 spiro atoms. The van der Waals surface area contributed by atoms with Crippen LogP contribution in [0, 0.1) is 0 Å². The van der Waals surface area contributed by atoms with Crippen LogP contribution in [0.2, 0.25) is 0 Å². The van der Waals surface area contributed by atoms with E-state index in [1.165, 1.54) is 5.69 Å². The predicted molar refractivity (Wildman–Crippen MR) is 177 cm³/mol. The first-order valence-corrected chi connectivity index (χ1v) is 16.1. The molecule has 0 bridgehead atoms. The van der Waals surface area contributed by atoms with Crippen LogP contribution in [0.4, 0.5) is 0 Å². The van der Waals surface area contributed by atoms with Gasteiger partial charge in [-0.1, -0.05) is 67.9 Å². The standard InChI is InChI=1S/C38H39N3O5/c1-3-5-18-41-32(37(29-10-7-6-8-11-29)39-38(41)30-12-9-13-31(21-30)42-4-2)24-40(22-27-14-16-33-35(19-27)45-25-43-33)23-28-15-17-34-36(20-28)46-26-44-34/h6-17,19-21H,3-5,18,22-26H2,1-2H3. The number of aromatic nitrogens is 2. The first kappa shape index (κ1) is 29.7. The molecular weight excluding hydrogens is 578 g/mol. The summed E-state index contributed by atoms with van der Waals surface area (Å²) in [7, 11) is 0. The molecule has 7 rings (SSSR count). The highest BCUT2D eigenvalue weighted by atomic mass is 16.7. The molecule has 0 fully saturated rings. The Morgan fingerprint density at radius 1 is 0.696 bits per heavy atom. The summed E-state index contributed by atoms with van der Waals surface area (Å²) in [6.07, 6.45) is 2.12. The Labute approximate surface area is 270 Å². The van der Waals surface area contributed by atoms with Crippen LogP contribution in [0.3, 0.4) is 0 Å². The van der Waals surface area contributed by atoms with E-state index < -0.39 is 0 Å². The maximum absolute atomic E-state index is 5.89. The Morgan fingerprint density at radius 2 is 1.35 bits per heavy atom. The third-order valence-electron chi connectivity index (χ3n) is 8.32. The van der Waals surface area contributed by atoms with Crippen molar-refractivity contribution in [1.29, 1.82) is 0 Å². The van der Waals surface area contributed by atoms with Crippen molar-refractivity contribution in [3.8, 4) is 51.4 Å². The Kier molecular flexibility index (Phi) is 8.78. The lowest BCUT2D eigenvalue weighted by atomic mass is 10.1. The molecule has 2 aliphatic heterocycles. The number of imidazole rings is 1. The molecule has 0 N–H and O–H groups in total. The van der Waals surface area contributed by atoms with E-state index in [1.807, 2.05) is 31.2 Å². The molecule has 0 unspecified atom stereocenters. The number of ether oxygens (including phenoxy) is 5. The van der Waals surface area contributed by atoms with Crippen LogP contribution in [0.1, 0.15) is 43.5 Å². The summed E-state index contributed by atoms with van der Waals surface area (Å²) in [5.74, 6) is 4.95. The molecule has 46 heavy (non-hydrogen) atoms. The molecule has 1 aromatic heterocycles. The van der Waals surface area contributed by atoms with Crippen LogP contribution >= 0.6 is 0 Å². The van der Waals surface area contributed by atoms with Crippen LogP contribution in [-0.2, 0) is 26.2 Å². The Bertz CT molecular complexity index is 1740. The first-order valence-electron chi connectivity index (χ1n) is 16.1. The second-order valence-corrected chi connectivity index (χ2v) is 11.6. The van der Waals surface area contributed by atoms with Gasteiger partial charge in [-0.2, -0.15) is 0 Å². The van der Waals surface area contributed by atoms with Crippen molar-refractivity contribution in [1.82, 2.24) is 14.5 Å². The molecule has 8 heteroatoms. The van der Waals surface area contributed by atoms with Crippen LogP contribution in [0.5, 0.6) is 28.7 Å². The van der Waals surface area contributed by atoms with Crippen molar-refractivity contribution in [3.63, 3.8) is 0 Å². The molecule has 0 amide bonds. The van der Waals surface area contributed by atoms with E-state index in [9.17, 15) is 0 Å². The van der Waals surface area contributed by atoms with E-state index >= 15 is 0 Å². The van der Waals surface area contributed by atoms with E-state index in [0.717, 1.165) is 81.9 Å². The quantitative estimate of drug-likeness (QED) is 0.132. The highest BCUT2D eigenvalue weighted by Crippen LogP contribution is 2.37. The molecule has 0 saturated heterocycles. The van der Waals surface area contributed by atoms with E-state index in [1.54, 1.807) is 0 Å². The third kappa shape index (κ3) is 6.39. The van der Waals surface area contributed by atoms with Gasteiger partial charge in [0.2, 0.25) is 13.6 Å². The molecule has 8 nitrogen and oxygen atoms in total. The Balaban J connectivity index is 1.32. The molecular formula is C38H39N3O5. The number of unbranched alkanes of at least 4 members (excludes halogenated alkanes) is 1. The normalized spacial score (nSPS) is 13.0. The topological polar surface area (TPSA) is 67.2 Å². The molecule has 0 aliphatic carbocycles. The van der Waals surface area contributed by atoms with Crippen molar-refractivity contribution in [2.24, 2.45) is 0 Å². The fourth-order valence-electron chi connectivity index (χ4n) is 6.12. The van der Waals surface area contributed by atoms with Gasteiger partial charge in [-0.15, -0.1) is 0 Å². The number of fused-ring (bicyclic) bond motifs is 2. The summed E-state index contributed by atoms with van der Waals surface area (Å²) < 4.78 is 31.0. The maximum atomic E-state index is 5.89. The summed E-state index contributed by atoms with van der Waals surface area (Å²) >= 11 is 0. The zero-order valence-electron chi connectivity index (χ0n) is 26.4. The third-order valence-corrected chi connectivity index (χ3v) is 8.32. The van der Waals surface area contributed by atoms with Crippen molar-refractivity contribution < 1.29 is 23.7 Å². The molecule has 0 radical (unpaired) electrons. The largest absolute Gasteiger partial charge is 0.494 e. The van der Waals surface area contributed by atoms with Gasteiger partial charge in [-0.3, -0.25) is 4.90 Å². The Morgan fingerprint density at radius 3 is 2.00 bits per heavy atom. The molecule has 3 heterocycles. The van der Waals surface area contributed by atoms with Crippen LogP contribution in [-0.4, -0.2) is 34.6 Å². The average molecular weight is 618 g/mol.